The molecule has 0 aliphatic carbocycles. The summed E-state index contributed by atoms with van der Waals surface area (Å²) in [6.07, 6.45) is 2.09. The Morgan fingerprint density at radius 2 is 1.92 bits per heavy atom. The molecule has 1 heterocycles. The van der Waals surface area contributed by atoms with Crippen molar-refractivity contribution in [2.75, 3.05) is 12.0 Å². The van der Waals surface area contributed by atoms with Crippen molar-refractivity contribution in [3.05, 3.63) is 0 Å². The zero-order valence-electron chi connectivity index (χ0n) is 7.73. The van der Waals surface area contributed by atoms with Crippen molar-refractivity contribution < 1.29 is 16.8 Å². The third-order valence-corrected chi connectivity index (χ3v) is 7.51. The maximum absolute atomic E-state index is 11.4. The molecule has 1 rings (SSSR count). The summed E-state index contributed by atoms with van der Waals surface area (Å²) in [4.78, 5) is 0. The smallest absolute Gasteiger partial charge is 0.167 e. The second kappa shape index (κ2) is 3.24. The number of rotatable bonds is 2. The fraction of sp³-hybridized carbons (Fsp3) is 1.00. The van der Waals surface area contributed by atoms with E-state index in [0.29, 0.717) is 12.8 Å². The van der Waals surface area contributed by atoms with E-state index in [-0.39, 0.29) is 11.7 Å². The molecule has 0 bridgehead atoms. The fourth-order valence-corrected chi connectivity index (χ4v) is 7.10. The molecular weight excluding hydrogens is 212 g/mol. The minimum absolute atomic E-state index is 0.0171. The van der Waals surface area contributed by atoms with E-state index in [1.54, 1.807) is 0 Å². The van der Waals surface area contributed by atoms with Crippen LogP contribution in [-0.4, -0.2) is 33.4 Å². The first kappa shape index (κ1) is 11.0. The first-order valence-electron chi connectivity index (χ1n) is 4.19. The topological polar surface area (TPSA) is 68.3 Å². The Kier molecular flexibility index (Phi) is 2.73. The number of hydrogen-bond acceptors (Lipinski definition) is 4. The molecule has 1 aliphatic heterocycles. The van der Waals surface area contributed by atoms with Gasteiger partial charge in [-0.15, -0.1) is 0 Å². The van der Waals surface area contributed by atoms with Gasteiger partial charge in [0, 0.05) is 6.26 Å². The SMILES string of the molecule is CCC1CCS(=O)(=O)C1S(C)(=O)=O. The van der Waals surface area contributed by atoms with E-state index in [2.05, 4.69) is 0 Å². The van der Waals surface area contributed by atoms with Crippen LogP contribution >= 0.6 is 0 Å². The highest BCUT2D eigenvalue weighted by Crippen LogP contribution is 2.32. The van der Waals surface area contributed by atoms with Gasteiger partial charge < -0.3 is 0 Å². The van der Waals surface area contributed by atoms with Gasteiger partial charge in [0.15, 0.2) is 24.3 Å². The minimum atomic E-state index is -3.46. The first-order chi connectivity index (χ1) is 5.79. The molecule has 2 unspecified atom stereocenters. The summed E-state index contributed by atoms with van der Waals surface area (Å²) in [6, 6.07) is 0. The molecular formula is C7H14O4S2. The van der Waals surface area contributed by atoms with Crippen LogP contribution in [0.3, 0.4) is 0 Å². The van der Waals surface area contributed by atoms with Gasteiger partial charge in [-0.2, -0.15) is 0 Å². The monoisotopic (exact) mass is 226 g/mol. The summed E-state index contributed by atoms with van der Waals surface area (Å²) in [6.45, 7) is 1.82. The number of sulfone groups is 2. The molecule has 1 fully saturated rings. The molecule has 0 N–H and O–H groups in total. The minimum Gasteiger partial charge on any atom is -0.228 e. The van der Waals surface area contributed by atoms with Crippen molar-refractivity contribution in [2.45, 2.75) is 24.3 Å². The third-order valence-electron chi connectivity index (χ3n) is 2.46. The molecule has 6 heteroatoms. The highest BCUT2D eigenvalue weighted by atomic mass is 32.3. The zero-order valence-corrected chi connectivity index (χ0v) is 9.36. The van der Waals surface area contributed by atoms with Crippen molar-refractivity contribution in [1.82, 2.24) is 0 Å². The van der Waals surface area contributed by atoms with Crippen LogP contribution in [-0.2, 0) is 19.7 Å². The van der Waals surface area contributed by atoms with Gasteiger partial charge in [-0.05, 0) is 12.3 Å². The number of hydrogen-bond donors (Lipinski definition) is 0. The average Bonchev–Trinajstić information content (AvgIpc) is 2.23. The lowest BCUT2D eigenvalue weighted by Crippen LogP contribution is -2.30. The molecule has 1 saturated heterocycles. The van der Waals surface area contributed by atoms with Crippen LogP contribution in [0.4, 0.5) is 0 Å². The predicted molar refractivity (Wildman–Crippen MR) is 50.8 cm³/mol. The molecule has 0 saturated carbocycles. The maximum Gasteiger partial charge on any atom is 0.167 e. The van der Waals surface area contributed by atoms with Crippen LogP contribution in [0.5, 0.6) is 0 Å². The third kappa shape index (κ3) is 2.04. The predicted octanol–water partition coefficient (Wildman–Crippen LogP) is 0.202. The summed E-state index contributed by atoms with van der Waals surface area (Å²) in [7, 11) is -6.85. The van der Waals surface area contributed by atoms with E-state index in [1.807, 2.05) is 6.92 Å². The molecule has 78 valence electrons. The zero-order chi connectivity index (χ0) is 10.3. The Bertz CT molecular complexity index is 379. The molecule has 2 atom stereocenters. The van der Waals surface area contributed by atoms with Crippen LogP contribution in [0.25, 0.3) is 0 Å². The molecule has 0 aromatic heterocycles. The first-order valence-corrected chi connectivity index (χ1v) is 7.86. The standard InChI is InChI=1S/C7H14O4S2/c1-3-6-4-5-13(10,11)7(6)12(2,8)9/h6-7H,3-5H2,1-2H3. The molecule has 1 aliphatic rings. The van der Waals surface area contributed by atoms with E-state index in [1.165, 1.54) is 0 Å². The van der Waals surface area contributed by atoms with Crippen LogP contribution in [0.1, 0.15) is 19.8 Å². The van der Waals surface area contributed by atoms with Crippen LogP contribution < -0.4 is 0 Å². The summed E-state index contributed by atoms with van der Waals surface area (Å²) >= 11 is 0. The summed E-state index contributed by atoms with van der Waals surface area (Å²) < 4.78 is 44.1. The Balaban J connectivity index is 3.16. The molecule has 0 spiro atoms. The molecule has 0 amide bonds. The van der Waals surface area contributed by atoms with E-state index < -0.39 is 24.3 Å². The van der Waals surface area contributed by atoms with E-state index in [9.17, 15) is 16.8 Å². The van der Waals surface area contributed by atoms with Crippen molar-refractivity contribution in [2.24, 2.45) is 5.92 Å². The van der Waals surface area contributed by atoms with E-state index in [0.717, 1.165) is 6.26 Å². The molecule has 0 aromatic rings. The Morgan fingerprint density at radius 1 is 1.38 bits per heavy atom. The van der Waals surface area contributed by atoms with Crippen LogP contribution in [0.2, 0.25) is 0 Å². The normalized spacial score (nSPS) is 33.4. The molecule has 0 aromatic carbocycles. The average molecular weight is 226 g/mol. The second-order valence-electron chi connectivity index (χ2n) is 3.52. The van der Waals surface area contributed by atoms with E-state index >= 15 is 0 Å². The van der Waals surface area contributed by atoms with Gasteiger partial charge >= 0.3 is 0 Å². The lowest BCUT2D eigenvalue weighted by Gasteiger charge is -2.14. The van der Waals surface area contributed by atoms with Gasteiger partial charge in [0.1, 0.15) is 0 Å². The summed E-state index contributed by atoms with van der Waals surface area (Å²) in [5.41, 5.74) is 0. The van der Waals surface area contributed by atoms with Crippen molar-refractivity contribution in [3.63, 3.8) is 0 Å². The second-order valence-corrected chi connectivity index (χ2v) is 8.23. The summed E-state index contributed by atoms with van der Waals surface area (Å²) in [5, 5.41) is 0. The Morgan fingerprint density at radius 3 is 2.23 bits per heavy atom. The van der Waals surface area contributed by atoms with Gasteiger partial charge in [0.05, 0.1) is 5.75 Å². The quantitative estimate of drug-likeness (QED) is 0.674. The van der Waals surface area contributed by atoms with Gasteiger partial charge in [0.25, 0.3) is 0 Å². The summed E-state index contributed by atoms with van der Waals surface area (Å²) in [5.74, 6) is -0.191. The highest BCUT2D eigenvalue weighted by molar-refractivity contribution is 8.09. The van der Waals surface area contributed by atoms with Gasteiger partial charge in [-0.25, -0.2) is 16.8 Å². The van der Waals surface area contributed by atoms with Crippen molar-refractivity contribution in [1.29, 1.82) is 0 Å². The lowest BCUT2D eigenvalue weighted by atomic mass is 10.1. The molecule has 13 heavy (non-hydrogen) atoms. The lowest BCUT2D eigenvalue weighted by molar-refractivity contribution is 0.521. The fourth-order valence-electron chi connectivity index (χ4n) is 1.87. The van der Waals surface area contributed by atoms with E-state index in [4.69, 9.17) is 0 Å². The highest BCUT2D eigenvalue weighted by Gasteiger charge is 2.45. The Labute approximate surface area is 79.2 Å². The van der Waals surface area contributed by atoms with Gasteiger partial charge in [0.2, 0.25) is 0 Å². The van der Waals surface area contributed by atoms with Gasteiger partial charge in [-0.3, -0.25) is 0 Å². The molecule has 4 nitrogen and oxygen atoms in total. The van der Waals surface area contributed by atoms with Crippen molar-refractivity contribution >= 4 is 19.7 Å². The van der Waals surface area contributed by atoms with Crippen LogP contribution in [0, 0.1) is 5.92 Å². The Hall–Kier alpha value is -0.100. The van der Waals surface area contributed by atoms with Crippen molar-refractivity contribution in [3.8, 4) is 0 Å². The van der Waals surface area contributed by atoms with Gasteiger partial charge in [-0.1, -0.05) is 13.3 Å². The molecule has 0 radical (unpaired) electrons. The largest absolute Gasteiger partial charge is 0.228 e. The maximum atomic E-state index is 11.4. The van der Waals surface area contributed by atoms with Crippen LogP contribution in [0.15, 0.2) is 0 Å².